The van der Waals surface area contributed by atoms with Crippen LogP contribution in [0.15, 0.2) is 35.4 Å². The minimum Gasteiger partial charge on any atom is -0.387 e. The summed E-state index contributed by atoms with van der Waals surface area (Å²) in [5, 5.41) is 23.1. The third kappa shape index (κ3) is 2.73. The first-order chi connectivity index (χ1) is 10.2. The van der Waals surface area contributed by atoms with Crippen LogP contribution in [-0.4, -0.2) is 47.5 Å². The van der Waals surface area contributed by atoms with E-state index in [1.165, 1.54) is 0 Å². The average Bonchev–Trinajstić information content (AvgIpc) is 2.52. The van der Waals surface area contributed by atoms with Gasteiger partial charge in [0, 0.05) is 10.5 Å². The fourth-order valence-corrected chi connectivity index (χ4v) is 2.57. The average molecular weight is 293 g/mol. The Morgan fingerprint density at radius 1 is 1.19 bits per heavy atom. The number of hydrogen-bond donors (Lipinski definition) is 2. The molecule has 3 rings (SSSR count). The highest BCUT2D eigenvalue weighted by molar-refractivity contribution is 5.16. The minimum absolute atomic E-state index is 0.172. The van der Waals surface area contributed by atoms with E-state index >= 15 is 0 Å². The summed E-state index contributed by atoms with van der Waals surface area (Å²) in [5.41, 5.74) is 9.45. The van der Waals surface area contributed by atoms with Crippen molar-refractivity contribution in [3.8, 4) is 0 Å². The summed E-state index contributed by atoms with van der Waals surface area (Å²) in [5.74, 6) is 0. The van der Waals surface area contributed by atoms with Crippen LogP contribution in [0.3, 0.4) is 0 Å². The van der Waals surface area contributed by atoms with Crippen molar-refractivity contribution in [1.82, 2.24) is 0 Å². The van der Waals surface area contributed by atoms with Gasteiger partial charge < -0.3 is 24.4 Å². The van der Waals surface area contributed by atoms with Gasteiger partial charge in [0.25, 0.3) is 0 Å². The van der Waals surface area contributed by atoms with Gasteiger partial charge in [-0.25, -0.2) is 0 Å². The molecule has 0 spiro atoms. The van der Waals surface area contributed by atoms with Crippen LogP contribution in [0.25, 0.3) is 10.4 Å². The molecule has 6 atom stereocenters. The molecule has 8 heteroatoms. The normalized spacial score (nSPS) is 39.1. The van der Waals surface area contributed by atoms with E-state index < -0.39 is 36.9 Å². The van der Waals surface area contributed by atoms with E-state index in [1.54, 1.807) is 0 Å². The molecule has 2 N–H and O–H groups in total. The van der Waals surface area contributed by atoms with Gasteiger partial charge in [0.05, 0.1) is 12.6 Å². The van der Waals surface area contributed by atoms with E-state index in [0.717, 1.165) is 5.56 Å². The van der Waals surface area contributed by atoms with E-state index in [1.807, 2.05) is 30.3 Å². The lowest BCUT2D eigenvalue weighted by molar-refractivity contribution is -0.334. The Morgan fingerprint density at radius 2 is 1.95 bits per heavy atom. The Kier molecular flexibility index (Phi) is 4.07. The van der Waals surface area contributed by atoms with Gasteiger partial charge in [0.1, 0.15) is 18.3 Å². The Balaban J connectivity index is 1.82. The van der Waals surface area contributed by atoms with E-state index in [-0.39, 0.29) is 6.61 Å². The summed E-state index contributed by atoms with van der Waals surface area (Å²) in [6.07, 6.45) is -4.68. The number of azide groups is 1. The van der Waals surface area contributed by atoms with Crippen molar-refractivity contribution >= 4 is 0 Å². The standard InChI is InChI=1S/C13H15N3O5/c14-16-15-9-10(17)12(18)20-8-6-19-13(21-11(8)9)7-4-2-1-3-5-7/h1-5,8-13,17-18H,6H2/t8?,9?,10-,11-,12+,13?/m0/s1. The van der Waals surface area contributed by atoms with Crippen molar-refractivity contribution in [3.05, 3.63) is 46.3 Å². The molecule has 2 aliphatic rings. The molecule has 0 saturated carbocycles. The maximum absolute atomic E-state index is 9.90. The van der Waals surface area contributed by atoms with Crippen LogP contribution in [0.4, 0.5) is 0 Å². The molecule has 0 bridgehead atoms. The fraction of sp³-hybridized carbons (Fsp3) is 0.538. The van der Waals surface area contributed by atoms with Gasteiger partial charge in [-0.3, -0.25) is 0 Å². The number of nitrogens with zero attached hydrogens (tertiary/aromatic N) is 3. The summed E-state index contributed by atoms with van der Waals surface area (Å²) in [7, 11) is 0. The summed E-state index contributed by atoms with van der Waals surface area (Å²) >= 11 is 0. The van der Waals surface area contributed by atoms with Crippen LogP contribution in [0, 0.1) is 0 Å². The molecule has 0 radical (unpaired) electrons. The molecule has 8 nitrogen and oxygen atoms in total. The van der Waals surface area contributed by atoms with E-state index in [2.05, 4.69) is 10.0 Å². The van der Waals surface area contributed by atoms with E-state index in [4.69, 9.17) is 19.7 Å². The quantitative estimate of drug-likeness (QED) is 0.476. The zero-order valence-corrected chi connectivity index (χ0v) is 11.0. The molecule has 2 heterocycles. The lowest BCUT2D eigenvalue weighted by atomic mass is 9.96. The lowest BCUT2D eigenvalue weighted by Crippen LogP contribution is -2.60. The Labute approximate surface area is 120 Å². The van der Waals surface area contributed by atoms with Gasteiger partial charge in [-0.15, -0.1) is 0 Å². The van der Waals surface area contributed by atoms with Gasteiger partial charge in [-0.1, -0.05) is 35.4 Å². The topological polar surface area (TPSA) is 117 Å². The van der Waals surface area contributed by atoms with Crippen LogP contribution in [-0.2, 0) is 14.2 Å². The molecule has 2 aliphatic heterocycles. The number of fused-ring (bicyclic) bond motifs is 1. The molecule has 21 heavy (non-hydrogen) atoms. The molecule has 2 saturated heterocycles. The van der Waals surface area contributed by atoms with Gasteiger partial charge in [0.2, 0.25) is 0 Å². The van der Waals surface area contributed by atoms with Crippen molar-refractivity contribution in [2.75, 3.05) is 6.61 Å². The maximum Gasteiger partial charge on any atom is 0.184 e. The summed E-state index contributed by atoms with van der Waals surface area (Å²) < 4.78 is 16.6. The molecule has 1 aromatic rings. The number of hydrogen-bond acceptors (Lipinski definition) is 6. The van der Waals surface area contributed by atoms with E-state index in [9.17, 15) is 10.2 Å². The van der Waals surface area contributed by atoms with Crippen molar-refractivity contribution in [1.29, 1.82) is 0 Å². The highest BCUT2D eigenvalue weighted by atomic mass is 16.7. The monoisotopic (exact) mass is 293 g/mol. The fourth-order valence-electron chi connectivity index (χ4n) is 2.57. The first-order valence-electron chi connectivity index (χ1n) is 6.58. The van der Waals surface area contributed by atoms with Crippen LogP contribution < -0.4 is 0 Å². The predicted octanol–water partition coefficient (Wildman–Crippen LogP) is 0.858. The van der Waals surface area contributed by atoms with Gasteiger partial charge in [-0.2, -0.15) is 0 Å². The van der Waals surface area contributed by atoms with Gasteiger partial charge >= 0.3 is 0 Å². The van der Waals surface area contributed by atoms with Crippen molar-refractivity contribution in [3.63, 3.8) is 0 Å². The van der Waals surface area contributed by atoms with Gasteiger partial charge in [-0.05, 0) is 5.53 Å². The van der Waals surface area contributed by atoms with Crippen LogP contribution >= 0.6 is 0 Å². The highest BCUT2D eigenvalue weighted by Gasteiger charge is 2.48. The second-order valence-corrected chi connectivity index (χ2v) is 4.93. The number of benzene rings is 1. The van der Waals surface area contributed by atoms with E-state index in [0.29, 0.717) is 0 Å². The smallest absolute Gasteiger partial charge is 0.184 e. The largest absolute Gasteiger partial charge is 0.387 e. The Morgan fingerprint density at radius 3 is 2.67 bits per heavy atom. The molecule has 1 aromatic carbocycles. The molecule has 112 valence electrons. The lowest BCUT2D eigenvalue weighted by Gasteiger charge is -2.45. The second-order valence-electron chi connectivity index (χ2n) is 4.93. The number of aliphatic hydroxyl groups is 2. The third-order valence-electron chi connectivity index (χ3n) is 3.61. The zero-order valence-electron chi connectivity index (χ0n) is 11.0. The number of rotatable bonds is 2. The molecule has 3 unspecified atom stereocenters. The minimum atomic E-state index is -1.43. The van der Waals surface area contributed by atoms with Gasteiger partial charge in [0.15, 0.2) is 12.6 Å². The predicted molar refractivity (Wildman–Crippen MR) is 69.8 cm³/mol. The third-order valence-corrected chi connectivity index (χ3v) is 3.61. The molecule has 2 fully saturated rings. The van der Waals surface area contributed by atoms with Crippen LogP contribution in [0.5, 0.6) is 0 Å². The number of ether oxygens (including phenoxy) is 3. The van der Waals surface area contributed by atoms with Crippen molar-refractivity contribution in [2.24, 2.45) is 5.11 Å². The highest BCUT2D eigenvalue weighted by Crippen LogP contribution is 2.34. The molecule has 0 aromatic heterocycles. The first kappa shape index (κ1) is 14.3. The first-order valence-corrected chi connectivity index (χ1v) is 6.58. The SMILES string of the molecule is [N-]=[N+]=NC1[C@H]2OC(c3ccccc3)OCC2O[C@@H](O)[C@H]1O. The van der Waals surface area contributed by atoms with Crippen molar-refractivity contribution in [2.45, 2.75) is 36.9 Å². The molecule has 0 amide bonds. The maximum atomic E-state index is 9.90. The summed E-state index contributed by atoms with van der Waals surface area (Å²) in [4.78, 5) is 2.71. The van der Waals surface area contributed by atoms with Crippen molar-refractivity contribution < 1.29 is 24.4 Å². The molecular formula is C13H15N3O5. The van der Waals surface area contributed by atoms with Crippen LogP contribution in [0.1, 0.15) is 11.9 Å². The Bertz CT molecular complexity index is 536. The number of aliphatic hydroxyl groups excluding tert-OH is 2. The second kappa shape index (κ2) is 5.98. The Hall–Kier alpha value is -1.67. The zero-order chi connectivity index (χ0) is 14.8. The molecular weight excluding hydrogens is 278 g/mol. The van der Waals surface area contributed by atoms with Crippen LogP contribution in [0.2, 0.25) is 0 Å². The molecule has 0 aliphatic carbocycles. The summed E-state index contributed by atoms with van der Waals surface area (Å²) in [6.45, 7) is 0.172. The summed E-state index contributed by atoms with van der Waals surface area (Å²) in [6, 6.07) is 8.36.